The maximum absolute atomic E-state index is 14.3. The number of carbonyl (C=O) groups is 2. The number of halogens is 2. The van der Waals surface area contributed by atoms with Crippen molar-refractivity contribution in [2.24, 2.45) is 5.41 Å². The summed E-state index contributed by atoms with van der Waals surface area (Å²) in [6.07, 6.45) is -0.545. The summed E-state index contributed by atoms with van der Waals surface area (Å²) in [5.74, 6) is -1.75. The predicted octanol–water partition coefficient (Wildman–Crippen LogP) is 6.43. The molecule has 0 radical (unpaired) electrons. The fraction of sp³-hybridized carbons (Fsp3) is 0.200. The fourth-order valence-corrected chi connectivity index (χ4v) is 7.43. The van der Waals surface area contributed by atoms with Crippen molar-refractivity contribution in [3.63, 3.8) is 0 Å². The van der Waals surface area contributed by atoms with E-state index in [9.17, 15) is 18.0 Å². The van der Waals surface area contributed by atoms with Crippen molar-refractivity contribution < 1.29 is 27.5 Å². The Morgan fingerprint density at radius 3 is 1.95 bits per heavy atom. The maximum Gasteiger partial charge on any atom is 0.323 e. The summed E-state index contributed by atoms with van der Waals surface area (Å²) >= 11 is 12.6. The monoisotopic (exact) mass is 582 g/mol. The molecule has 0 aliphatic heterocycles. The zero-order chi connectivity index (χ0) is 28.1. The van der Waals surface area contributed by atoms with E-state index in [4.69, 9.17) is 32.7 Å². The first-order valence-electron chi connectivity index (χ1n) is 12.0. The summed E-state index contributed by atoms with van der Waals surface area (Å²) in [6, 6.07) is 18.7. The topological polar surface area (TPSA) is 86.7 Å². The normalized spacial score (nSPS) is 16.0. The van der Waals surface area contributed by atoms with Crippen LogP contribution in [0, 0.1) is 12.3 Å². The number of rotatable bonds is 5. The van der Waals surface area contributed by atoms with Crippen molar-refractivity contribution in [3.05, 3.63) is 110 Å². The molecular weight excluding hydrogens is 559 g/mol. The number of hydrogen-bond donors (Lipinski definition) is 0. The minimum absolute atomic E-state index is 0.0518. The van der Waals surface area contributed by atoms with Crippen molar-refractivity contribution in [3.8, 4) is 0 Å². The van der Waals surface area contributed by atoms with Gasteiger partial charge >= 0.3 is 11.9 Å². The van der Waals surface area contributed by atoms with Gasteiger partial charge in [0.2, 0.25) is 9.84 Å². The molecule has 6 nitrogen and oxygen atoms in total. The van der Waals surface area contributed by atoms with Gasteiger partial charge in [0.25, 0.3) is 0 Å². The third-order valence-corrected chi connectivity index (χ3v) is 9.66. The van der Waals surface area contributed by atoms with Crippen molar-refractivity contribution in [2.45, 2.75) is 24.7 Å². The van der Waals surface area contributed by atoms with Gasteiger partial charge in [-0.05, 0) is 71.2 Å². The van der Waals surface area contributed by atoms with E-state index in [1.54, 1.807) is 54.6 Å². The van der Waals surface area contributed by atoms with Crippen molar-refractivity contribution >= 4 is 56.1 Å². The molecule has 0 heterocycles. The minimum Gasteiger partial charge on any atom is -0.468 e. The van der Waals surface area contributed by atoms with Crippen molar-refractivity contribution in [2.75, 3.05) is 14.2 Å². The second-order valence-corrected chi connectivity index (χ2v) is 12.4. The van der Waals surface area contributed by atoms with Gasteiger partial charge in [0.1, 0.15) is 0 Å². The van der Waals surface area contributed by atoms with E-state index in [-0.39, 0.29) is 16.2 Å². The SMILES string of the molecule is COC(=O)C1(C(=O)OC)CC2=C(c3ccc(Cl)cc3)c3cc(Cl)ccc3C2=C(S(=O)(=O)c2ccc(C)cc2)C1. The van der Waals surface area contributed by atoms with Crippen LogP contribution in [0.3, 0.4) is 0 Å². The molecule has 0 amide bonds. The molecular formula is C30H24Cl2O6S. The van der Waals surface area contributed by atoms with Crippen LogP contribution < -0.4 is 0 Å². The Bertz CT molecular complexity index is 1670. The molecule has 0 spiro atoms. The van der Waals surface area contributed by atoms with Crippen molar-refractivity contribution in [1.29, 1.82) is 0 Å². The standard InChI is InChI=1S/C30H24Cl2O6S/c1-17-4-11-21(12-5-17)39(35,36)25-16-30(28(33)37-2,29(34)38-3)15-24-26(18-6-8-19(31)9-7-18)23-14-20(32)10-13-22(23)27(24)25/h4-14H,15-16H2,1-3H3. The second-order valence-electron chi connectivity index (χ2n) is 9.58. The molecule has 2 aliphatic rings. The third kappa shape index (κ3) is 4.39. The Morgan fingerprint density at radius 1 is 0.769 bits per heavy atom. The van der Waals surface area contributed by atoms with Crippen LogP contribution in [0.5, 0.6) is 0 Å². The number of aryl methyl sites for hydroxylation is 1. The molecule has 0 unspecified atom stereocenters. The molecule has 0 bridgehead atoms. The average molecular weight is 583 g/mol. The zero-order valence-corrected chi connectivity index (χ0v) is 23.7. The molecule has 0 fully saturated rings. The Morgan fingerprint density at radius 2 is 1.36 bits per heavy atom. The highest BCUT2D eigenvalue weighted by Crippen LogP contribution is 2.57. The number of ether oxygens (including phenoxy) is 2. The van der Waals surface area contributed by atoms with Gasteiger partial charge in [-0.1, -0.05) is 59.1 Å². The van der Waals surface area contributed by atoms with Crippen LogP contribution in [0.4, 0.5) is 0 Å². The molecule has 0 atom stereocenters. The van der Waals surface area contributed by atoms with Crippen molar-refractivity contribution in [1.82, 2.24) is 0 Å². The van der Waals surface area contributed by atoms with Gasteiger partial charge in [-0.15, -0.1) is 0 Å². The molecule has 0 saturated heterocycles. The molecule has 39 heavy (non-hydrogen) atoms. The van der Waals surface area contributed by atoms with E-state index in [2.05, 4.69) is 0 Å². The first kappa shape index (κ1) is 27.2. The highest BCUT2D eigenvalue weighted by atomic mass is 35.5. The van der Waals surface area contributed by atoms with Gasteiger partial charge in [0, 0.05) is 28.5 Å². The van der Waals surface area contributed by atoms with Gasteiger partial charge in [-0.2, -0.15) is 0 Å². The fourth-order valence-electron chi connectivity index (χ4n) is 5.41. The molecule has 3 aromatic carbocycles. The summed E-state index contributed by atoms with van der Waals surface area (Å²) in [6.45, 7) is 1.86. The molecule has 3 aromatic rings. The Hall–Kier alpha value is -3.39. The lowest BCUT2D eigenvalue weighted by Gasteiger charge is -2.35. The van der Waals surface area contributed by atoms with E-state index in [1.165, 1.54) is 12.1 Å². The number of esters is 2. The summed E-state index contributed by atoms with van der Waals surface area (Å²) in [5.41, 5.74) is 2.67. The lowest BCUT2D eigenvalue weighted by Crippen LogP contribution is -2.44. The van der Waals surface area contributed by atoms with Crippen LogP contribution in [0.25, 0.3) is 11.1 Å². The third-order valence-electron chi connectivity index (χ3n) is 7.28. The highest BCUT2D eigenvalue weighted by Gasteiger charge is 2.56. The van der Waals surface area contributed by atoms with Gasteiger partial charge in [-0.25, -0.2) is 8.42 Å². The van der Waals surface area contributed by atoms with Crippen LogP contribution >= 0.6 is 23.2 Å². The van der Waals surface area contributed by atoms with E-state index < -0.39 is 33.6 Å². The number of sulfone groups is 1. The zero-order valence-electron chi connectivity index (χ0n) is 21.4. The van der Waals surface area contributed by atoms with Crippen LogP contribution in [0.2, 0.25) is 10.0 Å². The smallest absolute Gasteiger partial charge is 0.323 e. The number of carbonyl (C=O) groups excluding carboxylic acids is 2. The molecule has 0 saturated carbocycles. The largest absolute Gasteiger partial charge is 0.468 e. The average Bonchev–Trinajstić information content (AvgIpc) is 3.24. The molecule has 0 aromatic heterocycles. The van der Waals surface area contributed by atoms with Gasteiger partial charge in [0.15, 0.2) is 5.41 Å². The van der Waals surface area contributed by atoms with E-state index >= 15 is 0 Å². The van der Waals surface area contributed by atoms with E-state index in [0.29, 0.717) is 37.9 Å². The lowest BCUT2D eigenvalue weighted by atomic mass is 9.71. The second kappa shape index (κ2) is 9.97. The van der Waals surface area contributed by atoms with Crippen LogP contribution in [-0.2, 0) is 28.9 Å². The quantitative estimate of drug-likeness (QED) is 0.254. The summed E-state index contributed by atoms with van der Waals surface area (Å²) in [7, 11) is -1.85. The summed E-state index contributed by atoms with van der Waals surface area (Å²) < 4.78 is 38.7. The van der Waals surface area contributed by atoms with Crippen LogP contribution in [0.1, 0.15) is 35.1 Å². The Balaban J connectivity index is 1.92. The number of benzene rings is 3. The maximum atomic E-state index is 14.3. The Kier molecular flexibility index (Phi) is 6.95. The van der Waals surface area contributed by atoms with Gasteiger partial charge in [0.05, 0.1) is 24.0 Å². The Labute approximate surface area is 236 Å². The number of hydrogen-bond acceptors (Lipinski definition) is 6. The van der Waals surface area contributed by atoms with Gasteiger partial charge < -0.3 is 9.47 Å². The van der Waals surface area contributed by atoms with Gasteiger partial charge in [-0.3, -0.25) is 9.59 Å². The first-order valence-corrected chi connectivity index (χ1v) is 14.3. The molecule has 5 rings (SSSR count). The minimum atomic E-state index is -4.18. The molecule has 9 heteroatoms. The first-order chi connectivity index (χ1) is 18.5. The molecule has 2 aliphatic carbocycles. The predicted molar refractivity (Wildman–Crippen MR) is 150 cm³/mol. The number of allylic oxidation sites excluding steroid dienone is 3. The van der Waals surface area contributed by atoms with Crippen LogP contribution in [0.15, 0.2) is 82.1 Å². The highest BCUT2D eigenvalue weighted by molar-refractivity contribution is 7.95. The summed E-state index contributed by atoms with van der Waals surface area (Å²) in [5, 5.41) is 0.976. The van der Waals surface area contributed by atoms with E-state index in [0.717, 1.165) is 25.3 Å². The molecule has 0 N–H and O–H groups in total. The lowest BCUT2D eigenvalue weighted by molar-refractivity contribution is -0.169. The summed E-state index contributed by atoms with van der Waals surface area (Å²) in [4.78, 5) is 26.7. The van der Waals surface area contributed by atoms with E-state index in [1.807, 2.05) is 6.92 Å². The number of fused-ring (bicyclic) bond motifs is 3. The van der Waals surface area contributed by atoms with Crippen LogP contribution in [-0.4, -0.2) is 34.6 Å². The number of methoxy groups -OCH3 is 2. The molecule has 200 valence electrons.